The van der Waals surface area contributed by atoms with Gasteiger partial charge in [-0.25, -0.2) is 14.6 Å². The lowest BCUT2D eigenvalue weighted by molar-refractivity contribution is -0.137. The van der Waals surface area contributed by atoms with Crippen molar-refractivity contribution in [2.75, 3.05) is 26.4 Å². The summed E-state index contributed by atoms with van der Waals surface area (Å²) in [7, 11) is -0.496. The molecular formula is C41H56BN5O9. The van der Waals surface area contributed by atoms with Gasteiger partial charge in [0.1, 0.15) is 23.6 Å². The van der Waals surface area contributed by atoms with E-state index < -0.39 is 59.7 Å². The lowest BCUT2D eigenvalue weighted by Gasteiger charge is -2.35. The normalized spacial score (nSPS) is 24.6. The lowest BCUT2D eigenvalue weighted by atomic mass is 9.79. The van der Waals surface area contributed by atoms with Crippen LogP contribution >= 0.6 is 0 Å². The third kappa shape index (κ3) is 9.10. The van der Waals surface area contributed by atoms with Crippen LogP contribution < -0.4 is 10.8 Å². The number of carbonyl (C=O) groups excluding carboxylic acids is 3. The van der Waals surface area contributed by atoms with Gasteiger partial charge >= 0.3 is 19.3 Å². The molecule has 0 saturated carbocycles. The summed E-state index contributed by atoms with van der Waals surface area (Å²) in [6.45, 7) is 23.9. The van der Waals surface area contributed by atoms with Gasteiger partial charge in [0.25, 0.3) is 0 Å². The van der Waals surface area contributed by atoms with E-state index in [-0.39, 0.29) is 32.2 Å². The summed E-state index contributed by atoms with van der Waals surface area (Å²) in [6.07, 6.45) is 4.33. The number of carbonyl (C=O) groups is 3. The van der Waals surface area contributed by atoms with Crippen molar-refractivity contribution in [3.8, 4) is 11.3 Å². The minimum atomic E-state index is -0.961. The predicted octanol–water partition coefficient (Wildman–Crippen LogP) is 6.13. The first kappa shape index (κ1) is 40.9. The SMILES string of the molecule is C=C1/C=C2/OCO/C2=C/CCN(C(=O)O[C@@H]2C[C@@H](c3nc(-c4ccc(B5OC(C)(C)C(C)(C)O5)cc4)c[nH]3)N(C(=O)[C@@H](NC(=O)OC(C)(C)C)C(C)(C)C)C2)C1. The topological polar surface area (TPSA) is 154 Å². The Balaban J connectivity index is 1.23. The van der Waals surface area contributed by atoms with Crippen molar-refractivity contribution in [2.24, 2.45) is 5.41 Å². The number of benzene rings is 1. The molecule has 0 unspecified atom stereocenters. The molecule has 0 bridgehead atoms. The summed E-state index contributed by atoms with van der Waals surface area (Å²) in [4.78, 5) is 52.8. The van der Waals surface area contributed by atoms with E-state index in [0.29, 0.717) is 41.6 Å². The molecule has 2 N–H and O–H groups in total. The largest absolute Gasteiger partial charge is 0.494 e. The summed E-state index contributed by atoms with van der Waals surface area (Å²) in [5.41, 5.74) is 0.691. The molecule has 4 aliphatic heterocycles. The minimum absolute atomic E-state index is 0.0845. The average Bonchev–Trinajstić information content (AvgIpc) is 3.88. The van der Waals surface area contributed by atoms with Crippen molar-refractivity contribution in [3.05, 3.63) is 72.1 Å². The molecule has 1 aromatic heterocycles. The summed E-state index contributed by atoms with van der Waals surface area (Å²) >= 11 is 0. The molecule has 4 aliphatic rings. The zero-order valence-electron chi connectivity index (χ0n) is 34.3. The molecule has 302 valence electrons. The number of ether oxygens (including phenoxy) is 4. The van der Waals surface area contributed by atoms with Crippen LogP contribution in [0.5, 0.6) is 0 Å². The molecule has 0 radical (unpaired) electrons. The number of nitrogens with one attached hydrogen (secondary N) is 2. The van der Waals surface area contributed by atoms with E-state index in [0.717, 1.165) is 11.0 Å². The Kier molecular flexibility index (Phi) is 11.2. The number of fused-ring (bicyclic) bond motifs is 1. The molecule has 0 aliphatic carbocycles. The second-order valence-corrected chi connectivity index (χ2v) is 17.9. The molecule has 0 spiro atoms. The molecular weight excluding hydrogens is 717 g/mol. The van der Waals surface area contributed by atoms with Crippen LogP contribution in [0.1, 0.15) is 93.9 Å². The zero-order valence-corrected chi connectivity index (χ0v) is 34.3. The first-order valence-electron chi connectivity index (χ1n) is 19.2. The smallest absolute Gasteiger partial charge is 0.454 e. The van der Waals surface area contributed by atoms with Gasteiger partial charge in [0, 0.05) is 31.3 Å². The van der Waals surface area contributed by atoms with Crippen LogP contribution in [0.2, 0.25) is 0 Å². The minimum Gasteiger partial charge on any atom is -0.454 e. The van der Waals surface area contributed by atoms with E-state index in [4.69, 9.17) is 33.2 Å². The number of alkyl carbamates (subject to hydrolysis) is 1. The van der Waals surface area contributed by atoms with Gasteiger partial charge in [-0.1, -0.05) is 51.6 Å². The Morgan fingerprint density at radius 2 is 1.68 bits per heavy atom. The van der Waals surface area contributed by atoms with Crippen molar-refractivity contribution in [1.29, 1.82) is 0 Å². The predicted molar refractivity (Wildman–Crippen MR) is 210 cm³/mol. The fourth-order valence-corrected chi connectivity index (χ4v) is 6.92. The highest BCUT2D eigenvalue weighted by Crippen LogP contribution is 2.38. The van der Waals surface area contributed by atoms with Gasteiger partial charge in [0.15, 0.2) is 11.5 Å². The average molecular weight is 774 g/mol. The maximum atomic E-state index is 14.6. The van der Waals surface area contributed by atoms with Crippen molar-refractivity contribution in [3.63, 3.8) is 0 Å². The number of hydrogen-bond acceptors (Lipinski definition) is 10. The van der Waals surface area contributed by atoms with Crippen LogP contribution in [0.4, 0.5) is 9.59 Å². The van der Waals surface area contributed by atoms with Crippen LogP contribution in [0.15, 0.2) is 66.3 Å². The van der Waals surface area contributed by atoms with Crippen LogP contribution in [-0.4, -0.2) is 100 Å². The van der Waals surface area contributed by atoms with Crippen molar-refractivity contribution in [2.45, 2.75) is 117 Å². The van der Waals surface area contributed by atoms with E-state index in [2.05, 4.69) is 16.9 Å². The third-order valence-corrected chi connectivity index (χ3v) is 10.6. The maximum Gasteiger partial charge on any atom is 0.494 e. The Labute approximate surface area is 330 Å². The first-order chi connectivity index (χ1) is 26.1. The fraction of sp³-hybridized carbons (Fsp3) is 0.561. The number of imidazole rings is 1. The summed E-state index contributed by atoms with van der Waals surface area (Å²) in [6, 6.07) is 6.28. The van der Waals surface area contributed by atoms with Gasteiger partial charge in [-0.15, -0.1) is 0 Å². The number of rotatable bonds is 6. The van der Waals surface area contributed by atoms with Gasteiger partial charge in [-0.2, -0.15) is 0 Å². The number of hydrogen-bond donors (Lipinski definition) is 2. The van der Waals surface area contributed by atoms with E-state index in [1.54, 1.807) is 42.8 Å². The molecule has 2 aromatic rings. The van der Waals surface area contributed by atoms with Crippen LogP contribution in [0.3, 0.4) is 0 Å². The molecule has 3 fully saturated rings. The Bertz CT molecular complexity index is 1870. The number of likely N-dealkylation sites (tertiary alicyclic amines) is 1. The van der Waals surface area contributed by atoms with Crippen molar-refractivity contribution >= 4 is 30.7 Å². The summed E-state index contributed by atoms with van der Waals surface area (Å²) in [5.74, 6) is 1.39. The highest BCUT2D eigenvalue weighted by atomic mass is 16.7. The molecule has 3 saturated heterocycles. The number of aromatic amines is 1. The molecule has 14 nitrogen and oxygen atoms in total. The second-order valence-electron chi connectivity index (χ2n) is 17.9. The van der Waals surface area contributed by atoms with E-state index in [9.17, 15) is 14.4 Å². The molecule has 6 rings (SSSR count). The number of amides is 3. The number of H-pyrrole nitrogens is 1. The Morgan fingerprint density at radius 3 is 2.32 bits per heavy atom. The van der Waals surface area contributed by atoms with Crippen LogP contribution in [-0.2, 0) is 33.1 Å². The van der Waals surface area contributed by atoms with Crippen molar-refractivity contribution < 1.29 is 42.6 Å². The summed E-state index contributed by atoms with van der Waals surface area (Å²) < 4.78 is 35.2. The van der Waals surface area contributed by atoms with Crippen LogP contribution in [0.25, 0.3) is 11.3 Å². The van der Waals surface area contributed by atoms with E-state index >= 15 is 0 Å². The van der Waals surface area contributed by atoms with Gasteiger partial charge < -0.3 is 48.4 Å². The monoisotopic (exact) mass is 773 g/mol. The van der Waals surface area contributed by atoms with Gasteiger partial charge in [0.2, 0.25) is 12.7 Å². The fourth-order valence-electron chi connectivity index (χ4n) is 6.92. The summed E-state index contributed by atoms with van der Waals surface area (Å²) in [5, 5.41) is 2.82. The van der Waals surface area contributed by atoms with E-state index in [1.165, 1.54) is 0 Å². The van der Waals surface area contributed by atoms with E-state index in [1.807, 2.05) is 78.8 Å². The molecule has 56 heavy (non-hydrogen) atoms. The molecule has 1 aromatic carbocycles. The standard InChI is InChI=1S/C41H56BN5O9/c1-25-19-32-31(51-24-52-32)13-12-18-46(22-25)37(50)53-28-20-30(47(23-28)35(48)33(38(2,3)4)45-36(49)54-39(5,6)7)34-43-21-29(44-34)26-14-16-27(17-15-26)42-55-40(8,9)41(10,11)56-42/h13-17,19,21,28,30,33H,1,12,18,20,22-24H2,2-11H3,(H,43,44)(H,45,49)/b31-13+,32-19+/t28-,30+,33-/m1/s1. The Hall–Kier alpha value is -4.76. The number of aromatic nitrogens is 2. The third-order valence-electron chi connectivity index (χ3n) is 10.6. The van der Waals surface area contributed by atoms with Gasteiger partial charge in [-0.3, -0.25) is 4.79 Å². The highest BCUT2D eigenvalue weighted by Gasteiger charge is 2.52. The van der Waals surface area contributed by atoms with Crippen molar-refractivity contribution in [1.82, 2.24) is 25.1 Å². The molecule has 3 amide bonds. The van der Waals surface area contributed by atoms with Gasteiger partial charge in [-0.05, 0) is 83.5 Å². The quantitative estimate of drug-likeness (QED) is 0.328. The molecule has 3 atom stereocenters. The zero-order chi connectivity index (χ0) is 40.8. The lowest BCUT2D eigenvalue weighted by Crippen LogP contribution is -2.55. The molecule has 15 heteroatoms. The maximum absolute atomic E-state index is 14.6. The second kappa shape index (κ2) is 15.3. The number of nitrogens with zero attached hydrogens (tertiary/aromatic N) is 3. The van der Waals surface area contributed by atoms with Gasteiger partial charge in [0.05, 0.1) is 29.5 Å². The van der Waals surface area contributed by atoms with Crippen LogP contribution in [0, 0.1) is 5.41 Å². The highest BCUT2D eigenvalue weighted by molar-refractivity contribution is 6.62. The first-order valence-corrected chi connectivity index (χ1v) is 19.2. The molecule has 5 heterocycles. The Morgan fingerprint density at radius 1 is 1.02 bits per heavy atom.